The van der Waals surface area contributed by atoms with Crippen molar-refractivity contribution in [2.75, 3.05) is 6.61 Å². The highest BCUT2D eigenvalue weighted by Crippen LogP contribution is 2.48. The summed E-state index contributed by atoms with van der Waals surface area (Å²) in [6.45, 7) is 4.08. The van der Waals surface area contributed by atoms with Crippen LogP contribution in [-0.4, -0.2) is 29.6 Å². The molecule has 37 heavy (non-hydrogen) atoms. The second-order valence-corrected chi connectivity index (χ2v) is 10.9. The monoisotopic (exact) mass is 565 g/mol. The zero-order valence-corrected chi connectivity index (χ0v) is 22.8. The third-order valence-electron chi connectivity index (χ3n) is 7.58. The Morgan fingerprint density at radius 3 is 2.54 bits per heavy atom. The van der Waals surface area contributed by atoms with E-state index >= 15 is 0 Å². The zero-order valence-electron chi connectivity index (χ0n) is 21.2. The average molecular weight is 566 g/mol. The first-order valence-corrected chi connectivity index (χ1v) is 13.8. The van der Waals surface area contributed by atoms with Crippen molar-refractivity contribution in [3.63, 3.8) is 0 Å². The van der Waals surface area contributed by atoms with Crippen molar-refractivity contribution < 1.29 is 24.2 Å². The predicted octanol–water partition coefficient (Wildman–Crippen LogP) is 6.40. The van der Waals surface area contributed by atoms with E-state index in [2.05, 4.69) is 33.4 Å². The lowest BCUT2D eigenvalue weighted by molar-refractivity contribution is -0.144. The number of nitrogens with one attached hydrogen (secondary N) is 1. The van der Waals surface area contributed by atoms with Crippen LogP contribution in [0, 0.1) is 0 Å². The van der Waals surface area contributed by atoms with Crippen LogP contribution >= 0.6 is 15.9 Å². The molecule has 1 heterocycles. The van der Waals surface area contributed by atoms with Gasteiger partial charge in [-0.25, -0.2) is 4.79 Å². The Kier molecular flexibility index (Phi) is 7.43. The molecule has 0 aromatic heterocycles. The second kappa shape index (κ2) is 10.7. The minimum Gasteiger partial charge on any atom is -0.503 e. The summed E-state index contributed by atoms with van der Waals surface area (Å²) in [7, 11) is 0. The smallest absolute Gasteiger partial charge is 0.337 e. The number of dihydropyridines is 1. The number of phenolic OH excluding ortho intramolecular Hbond substituents is 1. The Hall–Kier alpha value is -3.06. The molecule has 2 aromatic rings. The van der Waals surface area contributed by atoms with Gasteiger partial charge in [0.05, 0.1) is 16.7 Å². The summed E-state index contributed by atoms with van der Waals surface area (Å²) in [5, 5.41) is 14.0. The highest BCUT2D eigenvalue weighted by molar-refractivity contribution is 9.10. The number of aromatic hydroxyl groups is 1. The van der Waals surface area contributed by atoms with Gasteiger partial charge in [0.15, 0.2) is 17.3 Å². The molecule has 3 aliphatic rings. The normalized spacial score (nSPS) is 22.1. The van der Waals surface area contributed by atoms with E-state index in [1.165, 1.54) is 0 Å². The van der Waals surface area contributed by atoms with Crippen molar-refractivity contribution in [1.29, 1.82) is 0 Å². The van der Waals surface area contributed by atoms with Crippen molar-refractivity contribution in [2.45, 2.75) is 70.3 Å². The summed E-state index contributed by atoms with van der Waals surface area (Å²) in [4.78, 5) is 27.4. The molecule has 2 aliphatic carbocycles. The number of allylic oxidation sites excluding steroid dienone is 3. The van der Waals surface area contributed by atoms with Crippen molar-refractivity contribution >= 4 is 27.7 Å². The number of phenols is 1. The molecule has 1 saturated carbocycles. The first kappa shape index (κ1) is 25.6. The van der Waals surface area contributed by atoms with Crippen molar-refractivity contribution in [2.24, 2.45) is 0 Å². The molecular formula is C30H32BrNO5. The number of ketones is 1. The molecule has 194 valence electrons. The topological polar surface area (TPSA) is 84.9 Å². The Morgan fingerprint density at radius 1 is 1.11 bits per heavy atom. The molecule has 1 aliphatic heterocycles. The maximum atomic E-state index is 13.8. The minimum absolute atomic E-state index is 0.00780. The Balaban J connectivity index is 1.60. The van der Waals surface area contributed by atoms with E-state index in [1.54, 1.807) is 12.1 Å². The van der Waals surface area contributed by atoms with Crippen LogP contribution in [0.2, 0.25) is 0 Å². The number of carbonyl (C=O) groups excluding carboxylic acids is 2. The fraction of sp³-hybridized carbons (Fsp3) is 0.400. The summed E-state index contributed by atoms with van der Waals surface area (Å²) >= 11 is 3.44. The summed E-state index contributed by atoms with van der Waals surface area (Å²) in [6.07, 6.45) is 4.76. The molecular weight excluding hydrogens is 534 g/mol. The Labute approximate surface area is 225 Å². The van der Waals surface area contributed by atoms with Crippen LogP contribution in [0.15, 0.2) is 69.5 Å². The summed E-state index contributed by atoms with van der Waals surface area (Å²) in [5.41, 5.74) is 4.39. The molecule has 0 radical (unpaired) electrons. The molecule has 0 saturated heterocycles. The third kappa shape index (κ3) is 5.06. The van der Waals surface area contributed by atoms with Crippen LogP contribution in [0.1, 0.15) is 75.3 Å². The molecule has 0 spiro atoms. The van der Waals surface area contributed by atoms with E-state index in [9.17, 15) is 14.7 Å². The third-order valence-corrected chi connectivity index (χ3v) is 8.18. The average Bonchev–Trinajstić information content (AvgIpc) is 3.39. The quantitative estimate of drug-likeness (QED) is 0.394. The fourth-order valence-electron chi connectivity index (χ4n) is 5.85. The Bertz CT molecular complexity index is 1280. The van der Waals surface area contributed by atoms with Gasteiger partial charge < -0.3 is 19.9 Å². The number of ether oxygens (including phenoxy) is 2. The SMILES string of the molecule is CCOc1cc(C2C(C(=O)OC3CCCC3)=C(C)NC3=C2C(=O)CC(c2ccccc2)C3)cc(Br)c1O. The largest absolute Gasteiger partial charge is 0.503 e. The first-order valence-electron chi connectivity index (χ1n) is 13.0. The lowest BCUT2D eigenvalue weighted by atomic mass is 9.71. The molecule has 0 amide bonds. The number of halogens is 1. The fourth-order valence-corrected chi connectivity index (χ4v) is 6.31. The van der Waals surface area contributed by atoms with Crippen molar-refractivity contribution in [3.8, 4) is 11.5 Å². The molecule has 2 atom stereocenters. The van der Waals surface area contributed by atoms with Gasteiger partial charge in [0.2, 0.25) is 0 Å². The number of hydrogen-bond acceptors (Lipinski definition) is 6. The number of hydrogen-bond donors (Lipinski definition) is 2. The van der Waals surface area contributed by atoms with Crippen LogP contribution in [0.25, 0.3) is 0 Å². The molecule has 2 aromatic carbocycles. The number of esters is 1. The molecule has 2 unspecified atom stereocenters. The van der Waals surface area contributed by atoms with Crippen LogP contribution in [0.3, 0.4) is 0 Å². The standard InChI is InChI=1S/C30H32BrNO5/c1-3-36-25-16-20(13-22(31)29(25)34)27-26(30(35)37-21-11-7-8-12-21)17(2)32-23-14-19(15-24(33)28(23)27)18-9-5-4-6-10-18/h4-6,9-10,13,16,19,21,27,32,34H,3,7-8,11-12,14-15H2,1-2H3. The van der Waals surface area contributed by atoms with Gasteiger partial charge in [0, 0.05) is 29.3 Å². The summed E-state index contributed by atoms with van der Waals surface area (Å²) in [5.74, 6) is -0.652. The molecule has 0 bridgehead atoms. The van der Waals surface area contributed by atoms with Gasteiger partial charge in [-0.05, 0) is 91.1 Å². The summed E-state index contributed by atoms with van der Waals surface area (Å²) < 4.78 is 12.1. The van der Waals surface area contributed by atoms with E-state index in [1.807, 2.05) is 32.0 Å². The van der Waals surface area contributed by atoms with Crippen LogP contribution in [0.4, 0.5) is 0 Å². The van der Waals surface area contributed by atoms with E-state index < -0.39 is 11.9 Å². The van der Waals surface area contributed by atoms with Gasteiger partial charge in [-0.2, -0.15) is 0 Å². The van der Waals surface area contributed by atoms with Crippen LogP contribution < -0.4 is 10.1 Å². The van der Waals surface area contributed by atoms with Crippen LogP contribution in [0.5, 0.6) is 11.5 Å². The highest BCUT2D eigenvalue weighted by atomic mass is 79.9. The number of rotatable bonds is 6. The maximum absolute atomic E-state index is 13.8. The van der Waals surface area contributed by atoms with Gasteiger partial charge in [-0.15, -0.1) is 0 Å². The van der Waals surface area contributed by atoms with E-state index in [-0.39, 0.29) is 23.6 Å². The van der Waals surface area contributed by atoms with Crippen LogP contribution in [-0.2, 0) is 14.3 Å². The number of carbonyl (C=O) groups is 2. The van der Waals surface area contributed by atoms with E-state index in [4.69, 9.17) is 9.47 Å². The second-order valence-electron chi connectivity index (χ2n) is 10.0. The van der Waals surface area contributed by atoms with Gasteiger partial charge in [0.1, 0.15) is 6.10 Å². The van der Waals surface area contributed by atoms with Crippen molar-refractivity contribution in [1.82, 2.24) is 5.32 Å². The molecule has 7 heteroatoms. The molecule has 2 N–H and O–H groups in total. The lowest BCUT2D eigenvalue weighted by Crippen LogP contribution is -2.36. The molecule has 6 nitrogen and oxygen atoms in total. The minimum atomic E-state index is -0.620. The maximum Gasteiger partial charge on any atom is 0.337 e. The Morgan fingerprint density at radius 2 is 1.84 bits per heavy atom. The lowest BCUT2D eigenvalue weighted by Gasteiger charge is -2.37. The predicted molar refractivity (Wildman–Crippen MR) is 144 cm³/mol. The van der Waals surface area contributed by atoms with Gasteiger partial charge in [-0.1, -0.05) is 30.3 Å². The van der Waals surface area contributed by atoms with E-state index in [0.717, 1.165) is 36.9 Å². The molecule has 5 rings (SSSR count). The van der Waals surface area contributed by atoms with Crippen molar-refractivity contribution in [3.05, 3.63) is 80.6 Å². The highest BCUT2D eigenvalue weighted by Gasteiger charge is 2.42. The van der Waals surface area contributed by atoms with Gasteiger partial charge >= 0.3 is 5.97 Å². The zero-order chi connectivity index (χ0) is 26.1. The van der Waals surface area contributed by atoms with Gasteiger partial charge in [-0.3, -0.25) is 4.79 Å². The van der Waals surface area contributed by atoms with E-state index in [0.29, 0.717) is 52.1 Å². The van der Waals surface area contributed by atoms with Gasteiger partial charge in [0.25, 0.3) is 0 Å². The number of benzene rings is 2. The first-order chi connectivity index (χ1) is 17.9. The summed E-state index contributed by atoms with van der Waals surface area (Å²) in [6, 6.07) is 13.6. The molecule has 1 fully saturated rings. The number of Topliss-reactive ketones (excluding diaryl/α,β-unsaturated/α-hetero) is 1.